The number of nitrogens with zero attached hydrogens (tertiary/aromatic N) is 1. The summed E-state index contributed by atoms with van der Waals surface area (Å²) in [7, 11) is 0. The molecule has 0 aromatic rings. The Hall–Kier alpha value is -1.18. The van der Waals surface area contributed by atoms with E-state index in [0.29, 0.717) is 43.8 Å². The van der Waals surface area contributed by atoms with Crippen LogP contribution in [0.4, 0.5) is 0 Å². The van der Waals surface area contributed by atoms with Crippen LogP contribution >= 0.6 is 0 Å². The second-order valence-electron chi connectivity index (χ2n) is 19.5. The lowest BCUT2D eigenvalue weighted by atomic mass is 9.92. The fraction of sp³-hybridized carbons (Fsp3) is 0.964. The molecule has 1 rings (SSSR count). The Labute approximate surface area is 386 Å². The lowest BCUT2D eigenvalue weighted by Crippen LogP contribution is -2.37. The molecule has 0 N–H and O–H groups in total. The smallest absolute Gasteiger partial charge is 0.306 e. The first-order valence-electron chi connectivity index (χ1n) is 27.7. The molecule has 0 bridgehead atoms. The molecule has 368 valence electrons. The topological polar surface area (TPSA) is 74.3 Å². The van der Waals surface area contributed by atoms with Gasteiger partial charge in [0.05, 0.1) is 26.4 Å². The van der Waals surface area contributed by atoms with Gasteiger partial charge in [-0.2, -0.15) is 0 Å². The third kappa shape index (κ3) is 39.2. The number of esters is 2. The Bertz CT molecular complexity index is 861. The van der Waals surface area contributed by atoms with E-state index in [1.807, 2.05) is 0 Å². The maximum atomic E-state index is 12.5. The first-order chi connectivity index (χ1) is 30.5. The molecule has 1 aliphatic heterocycles. The molecule has 7 nitrogen and oxygen atoms in total. The van der Waals surface area contributed by atoms with Crippen LogP contribution in [0.15, 0.2) is 0 Å². The minimum absolute atomic E-state index is 0.0351. The van der Waals surface area contributed by atoms with Gasteiger partial charge in [0.25, 0.3) is 0 Å². The minimum Gasteiger partial charge on any atom is -0.466 e. The van der Waals surface area contributed by atoms with E-state index in [9.17, 15) is 9.59 Å². The molecule has 1 saturated heterocycles. The molecule has 0 aromatic heterocycles. The zero-order valence-corrected chi connectivity index (χ0v) is 42.2. The van der Waals surface area contributed by atoms with Crippen molar-refractivity contribution in [1.82, 2.24) is 4.90 Å². The van der Waals surface area contributed by atoms with Gasteiger partial charge in [0.15, 0.2) is 0 Å². The fourth-order valence-corrected chi connectivity index (χ4v) is 9.36. The van der Waals surface area contributed by atoms with E-state index in [2.05, 4.69) is 32.6 Å². The average Bonchev–Trinajstić information content (AvgIpc) is 3.27. The highest BCUT2D eigenvalue weighted by molar-refractivity contribution is 5.70. The zero-order chi connectivity index (χ0) is 44.8. The molecule has 0 unspecified atom stereocenters. The molecular formula is C55H107NO6. The van der Waals surface area contributed by atoms with Gasteiger partial charge < -0.3 is 18.9 Å². The molecular weight excluding hydrogens is 771 g/mol. The van der Waals surface area contributed by atoms with E-state index in [-0.39, 0.29) is 11.9 Å². The minimum atomic E-state index is 0.0351. The summed E-state index contributed by atoms with van der Waals surface area (Å²) in [5, 5.41) is 0. The number of rotatable bonds is 48. The summed E-state index contributed by atoms with van der Waals surface area (Å²) < 4.78 is 23.1. The molecule has 1 aliphatic rings. The molecule has 1 fully saturated rings. The molecule has 0 amide bonds. The lowest BCUT2D eigenvalue weighted by Gasteiger charge is -2.26. The Morgan fingerprint density at radius 2 is 0.758 bits per heavy atom. The second-order valence-corrected chi connectivity index (χ2v) is 19.5. The molecule has 0 aliphatic carbocycles. The van der Waals surface area contributed by atoms with Crippen LogP contribution in [0.2, 0.25) is 0 Å². The Balaban J connectivity index is 2.19. The van der Waals surface area contributed by atoms with Crippen LogP contribution in [0.5, 0.6) is 0 Å². The third-order valence-electron chi connectivity index (χ3n) is 13.5. The van der Waals surface area contributed by atoms with Crippen molar-refractivity contribution in [2.75, 3.05) is 59.3 Å². The van der Waals surface area contributed by atoms with E-state index < -0.39 is 0 Å². The van der Waals surface area contributed by atoms with E-state index >= 15 is 0 Å². The van der Waals surface area contributed by atoms with Gasteiger partial charge in [0, 0.05) is 45.7 Å². The molecule has 7 heteroatoms. The maximum absolute atomic E-state index is 12.5. The molecule has 0 aromatic carbocycles. The number of carbonyl (C=O) groups excluding carboxylic acids is 2. The summed E-state index contributed by atoms with van der Waals surface area (Å²) in [6, 6.07) is 0. The van der Waals surface area contributed by atoms with E-state index in [1.54, 1.807) is 0 Å². The number of ether oxygens (including phenoxy) is 4. The van der Waals surface area contributed by atoms with Crippen molar-refractivity contribution in [3.8, 4) is 0 Å². The van der Waals surface area contributed by atoms with Crippen molar-refractivity contribution in [3.63, 3.8) is 0 Å². The van der Waals surface area contributed by atoms with Gasteiger partial charge in [-0.05, 0) is 75.5 Å². The predicted octanol–water partition coefficient (Wildman–Crippen LogP) is 15.8. The van der Waals surface area contributed by atoms with Gasteiger partial charge in [-0.25, -0.2) is 0 Å². The maximum Gasteiger partial charge on any atom is 0.306 e. The average molecular weight is 878 g/mol. The van der Waals surface area contributed by atoms with Crippen molar-refractivity contribution in [2.24, 2.45) is 17.8 Å². The van der Waals surface area contributed by atoms with Crippen molar-refractivity contribution < 1.29 is 28.5 Å². The SMILES string of the molecule is CCCCCC(CCCCC)CC(=O)OCCCCCCCCCCC(CCCCCCCCCCOC(=O)CC(CCCCC)CCCCC)COCCCN1CCOCC1. The fourth-order valence-electron chi connectivity index (χ4n) is 9.36. The van der Waals surface area contributed by atoms with E-state index in [1.165, 1.54) is 205 Å². The van der Waals surface area contributed by atoms with Gasteiger partial charge in [0.1, 0.15) is 0 Å². The van der Waals surface area contributed by atoms with Crippen LogP contribution in [0, 0.1) is 17.8 Å². The van der Waals surface area contributed by atoms with Crippen LogP contribution in [0.25, 0.3) is 0 Å². The number of carbonyl (C=O) groups is 2. The lowest BCUT2D eigenvalue weighted by molar-refractivity contribution is -0.146. The Kier molecular flexibility index (Phi) is 44.0. The molecule has 0 atom stereocenters. The van der Waals surface area contributed by atoms with Crippen molar-refractivity contribution >= 4 is 11.9 Å². The number of morpholine rings is 1. The highest BCUT2D eigenvalue weighted by Gasteiger charge is 2.17. The van der Waals surface area contributed by atoms with E-state index in [0.717, 1.165) is 65.3 Å². The Morgan fingerprint density at radius 1 is 0.419 bits per heavy atom. The molecule has 1 heterocycles. The third-order valence-corrected chi connectivity index (χ3v) is 13.5. The first-order valence-corrected chi connectivity index (χ1v) is 27.7. The Morgan fingerprint density at radius 3 is 1.15 bits per heavy atom. The van der Waals surface area contributed by atoms with Crippen LogP contribution in [0.3, 0.4) is 0 Å². The zero-order valence-electron chi connectivity index (χ0n) is 42.2. The number of hydrogen-bond donors (Lipinski definition) is 0. The van der Waals surface area contributed by atoms with Gasteiger partial charge in [-0.1, -0.05) is 195 Å². The van der Waals surface area contributed by atoms with Crippen LogP contribution in [-0.2, 0) is 28.5 Å². The van der Waals surface area contributed by atoms with Gasteiger partial charge >= 0.3 is 11.9 Å². The highest BCUT2D eigenvalue weighted by Crippen LogP contribution is 2.24. The van der Waals surface area contributed by atoms with Gasteiger partial charge in [-0.3, -0.25) is 14.5 Å². The number of unbranched alkanes of at least 4 members (excludes halogenated alkanes) is 22. The molecule has 0 radical (unpaired) electrons. The van der Waals surface area contributed by atoms with Crippen molar-refractivity contribution in [3.05, 3.63) is 0 Å². The summed E-state index contributed by atoms with van der Waals surface area (Å²) in [6.45, 7) is 17.0. The van der Waals surface area contributed by atoms with Crippen molar-refractivity contribution in [2.45, 2.75) is 265 Å². The molecule has 0 saturated carbocycles. The highest BCUT2D eigenvalue weighted by atomic mass is 16.5. The van der Waals surface area contributed by atoms with Crippen LogP contribution < -0.4 is 0 Å². The standard InChI is InChI=1S/C55H107NO6/c1-5-9-25-34-51(35-26-10-6-2)48-54(57)61-44-31-23-19-15-13-17-21-29-38-53(50-60-43-33-40-56-41-46-59-47-42-56)39-30-22-18-14-16-20-24-32-45-62-55(58)49-52(36-27-11-7-3)37-28-12-8-4/h51-53H,5-50H2,1-4H3. The van der Waals surface area contributed by atoms with E-state index in [4.69, 9.17) is 18.9 Å². The summed E-state index contributed by atoms with van der Waals surface area (Å²) in [5.74, 6) is 1.79. The molecule has 0 spiro atoms. The van der Waals surface area contributed by atoms with Crippen molar-refractivity contribution in [1.29, 1.82) is 0 Å². The predicted molar refractivity (Wildman–Crippen MR) is 264 cm³/mol. The van der Waals surface area contributed by atoms with Gasteiger partial charge in [-0.15, -0.1) is 0 Å². The van der Waals surface area contributed by atoms with Gasteiger partial charge in [0.2, 0.25) is 0 Å². The normalized spacial score (nSPS) is 13.5. The quantitative estimate of drug-likeness (QED) is 0.0445. The summed E-state index contributed by atoms with van der Waals surface area (Å²) in [6.07, 6.45) is 44.8. The molecule has 62 heavy (non-hydrogen) atoms. The van der Waals surface area contributed by atoms with Crippen LogP contribution in [0.1, 0.15) is 265 Å². The first kappa shape index (κ1) is 58.8. The monoisotopic (exact) mass is 878 g/mol. The second kappa shape index (κ2) is 46.4. The summed E-state index contributed by atoms with van der Waals surface area (Å²) >= 11 is 0. The summed E-state index contributed by atoms with van der Waals surface area (Å²) in [4.78, 5) is 27.6. The summed E-state index contributed by atoms with van der Waals surface area (Å²) in [5.41, 5.74) is 0. The largest absolute Gasteiger partial charge is 0.466 e. The number of hydrogen-bond acceptors (Lipinski definition) is 7. The van der Waals surface area contributed by atoms with Crippen LogP contribution in [-0.4, -0.2) is 76.1 Å².